The molecule has 106 valence electrons. The van der Waals surface area contributed by atoms with Crippen molar-refractivity contribution >= 4 is 0 Å². The van der Waals surface area contributed by atoms with E-state index < -0.39 is 0 Å². The van der Waals surface area contributed by atoms with E-state index in [9.17, 15) is 0 Å². The average molecular weight is 262 g/mol. The second kappa shape index (κ2) is 4.29. The van der Waals surface area contributed by atoms with Gasteiger partial charge in [-0.1, -0.05) is 13.2 Å². The molecule has 0 N–H and O–H groups in total. The molecule has 0 radical (unpaired) electrons. The van der Waals surface area contributed by atoms with Gasteiger partial charge in [0.2, 0.25) is 0 Å². The van der Waals surface area contributed by atoms with Crippen LogP contribution in [0.5, 0.6) is 0 Å². The molecule has 3 atom stereocenters. The first kappa shape index (κ1) is 13.1. The summed E-state index contributed by atoms with van der Waals surface area (Å²) in [6.45, 7) is 11.9. The Morgan fingerprint density at radius 3 is 2.42 bits per heavy atom. The van der Waals surface area contributed by atoms with Crippen LogP contribution in [0.25, 0.3) is 0 Å². The molecular weight excluding hydrogens is 236 g/mol. The van der Waals surface area contributed by atoms with Gasteiger partial charge in [0.15, 0.2) is 0 Å². The fraction of sp³-hybridized carbons (Fsp3) is 0.765. The van der Waals surface area contributed by atoms with Crippen molar-refractivity contribution in [3.8, 4) is 0 Å². The molecule has 2 nitrogen and oxygen atoms in total. The lowest BCUT2D eigenvalue weighted by atomic mass is 9.46. The number of hydrogen-bond acceptors (Lipinski definition) is 2. The minimum atomic E-state index is 0.0541. The van der Waals surface area contributed by atoms with Crippen molar-refractivity contribution in [3.05, 3.63) is 25.2 Å². The van der Waals surface area contributed by atoms with E-state index in [0.29, 0.717) is 5.41 Å². The van der Waals surface area contributed by atoms with Crippen LogP contribution in [0.4, 0.5) is 0 Å². The topological polar surface area (TPSA) is 18.5 Å². The van der Waals surface area contributed by atoms with Crippen molar-refractivity contribution < 1.29 is 9.47 Å². The second-order valence-electron chi connectivity index (χ2n) is 7.25. The summed E-state index contributed by atoms with van der Waals surface area (Å²) in [5.74, 6) is 2.47. The Balaban J connectivity index is 1.86. The molecule has 4 fully saturated rings. The molecule has 0 spiro atoms. The van der Waals surface area contributed by atoms with Gasteiger partial charge in [-0.2, -0.15) is 0 Å². The van der Waals surface area contributed by atoms with E-state index in [1.807, 2.05) is 6.92 Å². The van der Waals surface area contributed by atoms with Crippen LogP contribution >= 0.6 is 0 Å². The van der Waals surface area contributed by atoms with E-state index in [4.69, 9.17) is 9.47 Å². The van der Waals surface area contributed by atoms with Gasteiger partial charge in [0.1, 0.15) is 11.7 Å². The van der Waals surface area contributed by atoms with E-state index in [-0.39, 0.29) is 11.7 Å². The van der Waals surface area contributed by atoms with Crippen LogP contribution in [-0.4, -0.2) is 11.7 Å². The molecule has 4 aliphatic rings. The van der Waals surface area contributed by atoms with Crippen molar-refractivity contribution in [2.45, 2.75) is 64.1 Å². The predicted molar refractivity (Wildman–Crippen MR) is 76.5 cm³/mol. The molecule has 0 aromatic rings. The maximum atomic E-state index is 6.01. The molecule has 0 aromatic heterocycles. The molecule has 4 saturated carbocycles. The average Bonchev–Trinajstić information content (AvgIpc) is 2.25. The van der Waals surface area contributed by atoms with Crippen LogP contribution in [0.3, 0.4) is 0 Å². The lowest BCUT2D eigenvalue weighted by Gasteiger charge is -2.62. The molecule has 0 saturated heterocycles. The van der Waals surface area contributed by atoms with Gasteiger partial charge in [0.05, 0.1) is 12.0 Å². The van der Waals surface area contributed by atoms with E-state index >= 15 is 0 Å². The van der Waals surface area contributed by atoms with Gasteiger partial charge in [-0.15, -0.1) is 0 Å². The van der Waals surface area contributed by atoms with Crippen molar-refractivity contribution in [2.75, 3.05) is 0 Å². The first-order valence-corrected chi connectivity index (χ1v) is 7.58. The third-order valence-electron chi connectivity index (χ3n) is 5.63. The van der Waals surface area contributed by atoms with Gasteiger partial charge >= 0.3 is 0 Å². The van der Waals surface area contributed by atoms with Gasteiger partial charge in [0, 0.05) is 5.41 Å². The Bertz CT molecular complexity index is 384. The third-order valence-corrected chi connectivity index (χ3v) is 5.63. The minimum Gasteiger partial charge on any atom is -0.495 e. The van der Waals surface area contributed by atoms with Crippen molar-refractivity contribution in [3.63, 3.8) is 0 Å². The van der Waals surface area contributed by atoms with E-state index in [1.165, 1.54) is 32.1 Å². The quantitative estimate of drug-likeness (QED) is 0.683. The number of hydrogen-bond donors (Lipinski definition) is 0. The zero-order valence-electron chi connectivity index (χ0n) is 12.3. The fourth-order valence-corrected chi connectivity index (χ4v) is 5.47. The van der Waals surface area contributed by atoms with Crippen LogP contribution in [-0.2, 0) is 9.47 Å². The zero-order chi connectivity index (χ0) is 13.7. The summed E-state index contributed by atoms with van der Waals surface area (Å²) in [6, 6.07) is 0. The van der Waals surface area contributed by atoms with Crippen LogP contribution in [0.2, 0.25) is 0 Å². The maximum absolute atomic E-state index is 6.01. The monoisotopic (exact) mass is 262 g/mol. The Morgan fingerprint density at radius 1 is 1.26 bits per heavy atom. The fourth-order valence-electron chi connectivity index (χ4n) is 5.47. The lowest BCUT2D eigenvalue weighted by molar-refractivity contribution is -0.197. The number of ether oxygens (including phenoxy) is 2. The molecule has 3 unspecified atom stereocenters. The lowest BCUT2D eigenvalue weighted by Crippen LogP contribution is -2.59. The molecule has 19 heavy (non-hydrogen) atoms. The van der Waals surface area contributed by atoms with Gasteiger partial charge in [0.25, 0.3) is 0 Å². The first-order chi connectivity index (χ1) is 8.97. The van der Waals surface area contributed by atoms with E-state index in [2.05, 4.69) is 20.1 Å². The normalized spacial score (nSPS) is 44.7. The highest BCUT2D eigenvalue weighted by atomic mass is 16.5. The standard InChI is InChI=1S/C17H26O2/c1-5-18-17-9-14-6-15(10-17)8-16(7-14,11-17)13(4)19-12(2)3/h5,13-15H,1-2,6-11H2,3-4H3. The summed E-state index contributed by atoms with van der Waals surface area (Å²) in [5.41, 5.74) is 0.352. The predicted octanol–water partition coefficient (Wildman–Crippen LogP) is 4.42. The number of rotatable bonds is 5. The summed E-state index contributed by atoms with van der Waals surface area (Å²) in [4.78, 5) is 0. The van der Waals surface area contributed by atoms with Crippen LogP contribution in [0, 0.1) is 17.3 Å². The molecule has 0 aromatic carbocycles. The highest BCUT2D eigenvalue weighted by Crippen LogP contribution is 2.64. The van der Waals surface area contributed by atoms with Gasteiger partial charge in [-0.05, 0) is 64.2 Å². The highest BCUT2D eigenvalue weighted by Gasteiger charge is 2.61. The molecule has 0 amide bonds. The molecule has 4 bridgehead atoms. The summed E-state index contributed by atoms with van der Waals surface area (Å²) in [7, 11) is 0. The smallest absolute Gasteiger partial charge is 0.109 e. The summed E-state index contributed by atoms with van der Waals surface area (Å²) in [5, 5.41) is 0. The Labute approximate surface area is 116 Å². The molecule has 4 aliphatic carbocycles. The summed E-state index contributed by atoms with van der Waals surface area (Å²) < 4.78 is 12.0. The van der Waals surface area contributed by atoms with Crippen LogP contribution in [0.1, 0.15) is 52.4 Å². The van der Waals surface area contributed by atoms with Crippen LogP contribution in [0.15, 0.2) is 25.2 Å². The Hall–Kier alpha value is -0.920. The van der Waals surface area contributed by atoms with Crippen molar-refractivity contribution in [1.29, 1.82) is 0 Å². The highest BCUT2D eigenvalue weighted by molar-refractivity contribution is 5.11. The second-order valence-corrected chi connectivity index (χ2v) is 7.25. The molecule has 4 rings (SSSR count). The Kier molecular flexibility index (Phi) is 2.95. The van der Waals surface area contributed by atoms with Gasteiger partial charge < -0.3 is 9.47 Å². The van der Waals surface area contributed by atoms with Crippen molar-refractivity contribution in [1.82, 2.24) is 0 Å². The van der Waals surface area contributed by atoms with Gasteiger partial charge in [-0.25, -0.2) is 0 Å². The molecular formula is C17H26O2. The van der Waals surface area contributed by atoms with E-state index in [0.717, 1.165) is 24.0 Å². The molecule has 0 aliphatic heterocycles. The zero-order valence-corrected chi connectivity index (χ0v) is 12.3. The van der Waals surface area contributed by atoms with Crippen molar-refractivity contribution in [2.24, 2.45) is 17.3 Å². The van der Waals surface area contributed by atoms with Gasteiger partial charge in [-0.3, -0.25) is 0 Å². The number of allylic oxidation sites excluding steroid dienone is 1. The minimum absolute atomic E-state index is 0.0541. The van der Waals surface area contributed by atoms with Crippen LogP contribution < -0.4 is 0 Å². The summed E-state index contributed by atoms with van der Waals surface area (Å²) in [6.07, 6.45) is 9.49. The summed E-state index contributed by atoms with van der Waals surface area (Å²) >= 11 is 0. The third kappa shape index (κ3) is 2.09. The molecule has 0 heterocycles. The Morgan fingerprint density at radius 2 is 1.89 bits per heavy atom. The first-order valence-electron chi connectivity index (χ1n) is 7.58. The largest absolute Gasteiger partial charge is 0.495 e. The SMILES string of the molecule is C=COC12CC3CC(C1)CC(C(C)OC(=C)C)(C3)C2. The molecule has 2 heteroatoms. The van der Waals surface area contributed by atoms with E-state index in [1.54, 1.807) is 6.26 Å². The maximum Gasteiger partial charge on any atom is 0.109 e.